The number of nitrogens with one attached hydrogen (secondary N) is 1. The molecule has 0 saturated carbocycles. The molecule has 6 nitrogen and oxygen atoms in total. The van der Waals surface area contributed by atoms with Gasteiger partial charge in [0.1, 0.15) is 12.3 Å². The lowest BCUT2D eigenvalue weighted by atomic mass is 10.3. The van der Waals surface area contributed by atoms with E-state index < -0.39 is 22.5 Å². The predicted octanol–water partition coefficient (Wildman–Crippen LogP) is 3.07. The van der Waals surface area contributed by atoms with E-state index in [0.717, 1.165) is 4.31 Å². The molecule has 0 unspecified atom stereocenters. The van der Waals surface area contributed by atoms with Gasteiger partial charge in [0.2, 0.25) is 5.91 Å². The first-order valence-electron chi connectivity index (χ1n) is 7.96. The first-order valence-corrected chi connectivity index (χ1v) is 9.78. The van der Waals surface area contributed by atoms with Crippen LogP contribution in [0.1, 0.15) is 13.8 Å². The number of carbonyl (C=O) groups is 1. The molecule has 0 radical (unpaired) electrons. The molecule has 0 aliphatic rings. The minimum absolute atomic E-state index is 0.0689. The Balaban J connectivity index is 2.56. The van der Waals surface area contributed by atoms with Crippen LogP contribution in [-0.2, 0) is 14.8 Å². The Hall–Kier alpha value is -2.25. The zero-order valence-corrected chi connectivity index (χ0v) is 16.3. The molecule has 26 heavy (non-hydrogen) atoms. The van der Waals surface area contributed by atoms with Crippen molar-refractivity contribution in [2.24, 2.45) is 0 Å². The Morgan fingerprint density at radius 3 is 2.42 bits per heavy atom. The van der Waals surface area contributed by atoms with Crippen molar-refractivity contribution in [1.29, 1.82) is 0 Å². The highest BCUT2D eigenvalue weighted by molar-refractivity contribution is 7.92. The SMILES string of the molecule is COc1ccc(Cl)cc1N(CC(=O)NC(C)C)S(=O)(=O)c1ccccc1. The summed E-state index contributed by atoms with van der Waals surface area (Å²) in [5.41, 5.74) is 0.197. The maximum Gasteiger partial charge on any atom is 0.264 e. The number of rotatable bonds is 7. The van der Waals surface area contributed by atoms with E-state index in [1.165, 1.54) is 25.3 Å². The molecule has 2 rings (SSSR count). The zero-order valence-electron chi connectivity index (χ0n) is 14.8. The van der Waals surface area contributed by atoms with Gasteiger partial charge in [0.15, 0.2) is 0 Å². The summed E-state index contributed by atoms with van der Waals surface area (Å²) >= 11 is 6.06. The highest BCUT2D eigenvalue weighted by Crippen LogP contribution is 2.34. The van der Waals surface area contributed by atoms with Crippen molar-refractivity contribution >= 4 is 33.2 Å². The summed E-state index contributed by atoms with van der Waals surface area (Å²) in [6.45, 7) is 3.20. The standard InChI is InChI=1S/C18H21ClN2O4S/c1-13(2)20-18(22)12-21(16-11-14(19)9-10-17(16)25-3)26(23,24)15-7-5-4-6-8-15/h4-11,13H,12H2,1-3H3,(H,20,22). The van der Waals surface area contributed by atoms with Gasteiger partial charge in [0, 0.05) is 11.1 Å². The topological polar surface area (TPSA) is 75.7 Å². The molecule has 0 heterocycles. The number of sulfonamides is 1. The lowest BCUT2D eigenvalue weighted by Gasteiger charge is -2.26. The van der Waals surface area contributed by atoms with E-state index in [4.69, 9.17) is 16.3 Å². The maximum absolute atomic E-state index is 13.2. The number of carbonyl (C=O) groups excluding carboxylic acids is 1. The van der Waals surface area contributed by atoms with E-state index in [2.05, 4.69) is 5.32 Å². The Morgan fingerprint density at radius 2 is 1.85 bits per heavy atom. The molecule has 0 bridgehead atoms. The fraction of sp³-hybridized carbons (Fsp3) is 0.278. The number of amides is 1. The maximum atomic E-state index is 13.2. The molecule has 2 aromatic rings. The van der Waals surface area contributed by atoms with Gasteiger partial charge in [0.05, 0.1) is 17.7 Å². The van der Waals surface area contributed by atoms with Crippen molar-refractivity contribution in [2.75, 3.05) is 18.0 Å². The highest BCUT2D eigenvalue weighted by atomic mass is 35.5. The largest absolute Gasteiger partial charge is 0.495 e. The molecule has 0 aliphatic carbocycles. The lowest BCUT2D eigenvalue weighted by Crippen LogP contribution is -2.43. The van der Waals surface area contributed by atoms with Gasteiger partial charge in [-0.25, -0.2) is 8.42 Å². The van der Waals surface area contributed by atoms with Crippen LogP contribution in [0.15, 0.2) is 53.4 Å². The van der Waals surface area contributed by atoms with E-state index in [9.17, 15) is 13.2 Å². The molecule has 8 heteroatoms. The number of methoxy groups -OCH3 is 1. The molecular weight excluding hydrogens is 376 g/mol. The smallest absolute Gasteiger partial charge is 0.264 e. The molecule has 1 N–H and O–H groups in total. The van der Waals surface area contributed by atoms with Gasteiger partial charge in [-0.3, -0.25) is 9.10 Å². The third kappa shape index (κ3) is 4.68. The van der Waals surface area contributed by atoms with Crippen LogP contribution in [0, 0.1) is 0 Å². The van der Waals surface area contributed by atoms with Crippen LogP contribution in [0.2, 0.25) is 5.02 Å². The molecule has 0 aromatic heterocycles. The molecule has 140 valence electrons. The summed E-state index contributed by atoms with van der Waals surface area (Å²) in [5.74, 6) is -0.132. The predicted molar refractivity (Wildman–Crippen MR) is 102 cm³/mol. The van der Waals surface area contributed by atoms with Crippen molar-refractivity contribution < 1.29 is 17.9 Å². The lowest BCUT2D eigenvalue weighted by molar-refractivity contribution is -0.120. The number of nitrogens with zero attached hydrogens (tertiary/aromatic N) is 1. The number of halogens is 1. The summed E-state index contributed by atoms with van der Waals surface area (Å²) in [7, 11) is -2.58. The summed E-state index contributed by atoms with van der Waals surface area (Å²) in [4.78, 5) is 12.4. The van der Waals surface area contributed by atoms with Gasteiger partial charge < -0.3 is 10.1 Å². The van der Waals surface area contributed by atoms with Crippen molar-refractivity contribution in [1.82, 2.24) is 5.32 Å². The fourth-order valence-corrected chi connectivity index (χ4v) is 3.99. The molecule has 0 aliphatic heterocycles. The van der Waals surface area contributed by atoms with Crippen molar-refractivity contribution in [3.63, 3.8) is 0 Å². The molecular formula is C18H21ClN2O4S. The first kappa shape index (κ1) is 20.1. The quantitative estimate of drug-likeness (QED) is 0.780. The minimum atomic E-state index is -4.00. The van der Waals surface area contributed by atoms with E-state index >= 15 is 0 Å². The first-order chi connectivity index (χ1) is 12.3. The summed E-state index contributed by atoms with van der Waals surface area (Å²) in [6, 6.07) is 12.4. The van der Waals surface area contributed by atoms with Crippen LogP contribution in [0.4, 0.5) is 5.69 Å². The van der Waals surface area contributed by atoms with E-state index in [1.54, 1.807) is 44.2 Å². The second-order valence-electron chi connectivity index (χ2n) is 5.86. The molecule has 0 saturated heterocycles. The van der Waals surface area contributed by atoms with Gasteiger partial charge in [-0.15, -0.1) is 0 Å². The fourth-order valence-electron chi connectivity index (χ4n) is 2.38. The number of benzene rings is 2. The van der Waals surface area contributed by atoms with Gasteiger partial charge >= 0.3 is 0 Å². The molecule has 0 fully saturated rings. The van der Waals surface area contributed by atoms with Gasteiger partial charge in [-0.2, -0.15) is 0 Å². The van der Waals surface area contributed by atoms with Crippen LogP contribution in [0.25, 0.3) is 0 Å². The van der Waals surface area contributed by atoms with Gasteiger partial charge in [-0.1, -0.05) is 29.8 Å². The molecule has 2 aromatic carbocycles. The summed E-state index contributed by atoms with van der Waals surface area (Å²) < 4.78 is 32.6. The van der Waals surface area contributed by atoms with Crippen molar-refractivity contribution in [3.8, 4) is 5.75 Å². The second-order valence-corrected chi connectivity index (χ2v) is 8.16. The monoisotopic (exact) mass is 396 g/mol. The van der Waals surface area contributed by atoms with E-state index in [1.807, 2.05) is 0 Å². The van der Waals surface area contributed by atoms with E-state index in [0.29, 0.717) is 10.8 Å². The molecule has 0 spiro atoms. The number of ether oxygens (including phenoxy) is 1. The van der Waals surface area contributed by atoms with E-state index in [-0.39, 0.29) is 16.6 Å². The molecule has 0 atom stereocenters. The Kier molecular flexibility index (Phi) is 6.50. The van der Waals surface area contributed by atoms with Gasteiger partial charge in [-0.05, 0) is 44.2 Å². The third-order valence-corrected chi connectivity index (χ3v) is 5.49. The van der Waals surface area contributed by atoms with Crippen molar-refractivity contribution in [3.05, 3.63) is 53.6 Å². The number of hydrogen-bond acceptors (Lipinski definition) is 4. The summed E-state index contributed by atoms with van der Waals surface area (Å²) in [5, 5.41) is 3.03. The number of hydrogen-bond donors (Lipinski definition) is 1. The Labute approximate surface area is 158 Å². The highest BCUT2D eigenvalue weighted by Gasteiger charge is 2.29. The van der Waals surface area contributed by atoms with Crippen LogP contribution >= 0.6 is 11.6 Å². The zero-order chi connectivity index (χ0) is 19.3. The van der Waals surface area contributed by atoms with Crippen LogP contribution < -0.4 is 14.4 Å². The Bertz CT molecular complexity index is 870. The van der Waals surface area contributed by atoms with Crippen LogP contribution in [0.5, 0.6) is 5.75 Å². The third-order valence-electron chi connectivity index (χ3n) is 3.48. The van der Waals surface area contributed by atoms with Crippen LogP contribution in [0.3, 0.4) is 0 Å². The second kappa shape index (κ2) is 8.42. The van der Waals surface area contributed by atoms with Crippen LogP contribution in [-0.4, -0.2) is 34.0 Å². The summed E-state index contributed by atoms with van der Waals surface area (Å²) in [6.07, 6.45) is 0. The average molecular weight is 397 g/mol. The van der Waals surface area contributed by atoms with Gasteiger partial charge in [0.25, 0.3) is 10.0 Å². The average Bonchev–Trinajstić information content (AvgIpc) is 2.59. The normalized spacial score (nSPS) is 11.3. The molecule has 1 amide bonds. The minimum Gasteiger partial charge on any atom is -0.495 e. The van der Waals surface area contributed by atoms with Crippen molar-refractivity contribution in [2.45, 2.75) is 24.8 Å². The Morgan fingerprint density at radius 1 is 1.19 bits per heavy atom. The number of anilines is 1.